The van der Waals surface area contributed by atoms with Gasteiger partial charge >= 0.3 is 0 Å². The van der Waals surface area contributed by atoms with Crippen molar-refractivity contribution in [2.45, 2.75) is 6.61 Å². The molecule has 0 atom stereocenters. The SMILES string of the molecule is NC(=S)c1cccc(COc2c(I)cc(I)cc2I)c1. The zero-order valence-electron chi connectivity index (χ0n) is 10.2. The van der Waals surface area contributed by atoms with Gasteiger partial charge in [-0.05, 0) is 91.5 Å². The summed E-state index contributed by atoms with van der Waals surface area (Å²) in [4.78, 5) is 0.408. The molecule has 0 aromatic heterocycles. The molecule has 2 N–H and O–H groups in total. The first-order chi connectivity index (χ1) is 9.47. The third-order valence-corrected chi connectivity index (χ3v) is 5.02. The van der Waals surface area contributed by atoms with Gasteiger partial charge in [0.2, 0.25) is 0 Å². The smallest absolute Gasteiger partial charge is 0.146 e. The topological polar surface area (TPSA) is 35.2 Å². The van der Waals surface area contributed by atoms with Crippen LogP contribution in [0.1, 0.15) is 11.1 Å². The van der Waals surface area contributed by atoms with Crippen LogP contribution in [-0.4, -0.2) is 4.99 Å². The van der Waals surface area contributed by atoms with Crippen molar-refractivity contribution in [3.05, 3.63) is 58.2 Å². The molecular weight excluding hydrogens is 611 g/mol. The zero-order valence-corrected chi connectivity index (χ0v) is 17.5. The summed E-state index contributed by atoms with van der Waals surface area (Å²) in [5, 5.41) is 0. The Morgan fingerprint density at radius 2 is 1.75 bits per heavy atom. The van der Waals surface area contributed by atoms with Crippen LogP contribution in [0.4, 0.5) is 0 Å². The molecule has 0 aliphatic rings. The van der Waals surface area contributed by atoms with Gasteiger partial charge in [0, 0.05) is 9.13 Å². The van der Waals surface area contributed by atoms with Gasteiger partial charge in [-0.2, -0.15) is 0 Å². The monoisotopic (exact) mass is 621 g/mol. The lowest BCUT2D eigenvalue weighted by atomic mass is 10.1. The average Bonchev–Trinajstić information content (AvgIpc) is 2.37. The first kappa shape index (κ1) is 16.7. The lowest BCUT2D eigenvalue weighted by molar-refractivity contribution is 0.301. The summed E-state index contributed by atoms with van der Waals surface area (Å²) in [5.41, 5.74) is 7.57. The van der Waals surface area contributed by atoms with E-state index in [9.17, 15) is 0 Å². The van der Waals surface area contributed by atoms with Crippen molar-refractivity contribution >= 4 is 85.0 Å². The summed E-state index contributed by atoms with van der Waals surface area (Å²) in [6, 6.07) is 12.0. The summed E-state index contributed by atoms with van der Waals surface area (Å²) in [5.74, 6) is 0.923. The average molecular weight is 621 g/mol. The number of benzene rings is 2. The fourth-order valence-electron chi connectivity index (χ4n) is 1.64. The second-order valence-corrected chi connectivity index (χ2v) is 8.06. The zero-order chi connectivity index (χ0) is 14.7. The Balaban J connectivity index is 2.17. The predicted octanol–water partition coefficient (Wildman–Crippen LogP) is 4.71. The maximum Gasteiger partial charge on any atom is 0.146 e. The molecule has 0 saturated carbocycles. The third-order valence-electron chi connectivity index (χ3n) is 2.56. The Bertz CT molecular complexity index is 638. The summed E-state index contributed by atoms with van der Waals surface area (Å²) >= 11 is 11.9. The van der Waals surface area contributed by atoms with Gasteiger partial charge in [0.05, 0.1) is 7.14 Å². The van der Waals surface area contributed by atoms with Gasteiger partial charge in [0.25, 0.3) is 0 Å². The van der Waals surface area contributed by atoms with E-state index in [-0.39, 0.29) is 0 Å². The first-order valence-corrected chi connectivity index (χ1v) is 9.28. The van der Waals surface area contributed by atoms with Gasteiger partial charge in [-0.15, -0.1) is 0 Å². The van der Waals surface area contributed by atoms with Crippen molar-refractivity contribution in [3.63, 3.8) is 0 Å². The number of hydrogen-bond donors (Lipinski definition) is 1. The van der Waals surface area contributed by atoms with Crippen LogP contribution in [-0.2, 0) is 6.61 Å². The molecule has 0 aliphatic carbocycles. The highest BCUT2D eigenvalue weighted by atomic mass is 127. The Morgan fingerprint density at radius 3 is 2.35 bits per heavy atom. The van der Waals surface area contributed by atoms with Crippen LogP contribution >= 0.6 is 80.0 Å². The number of hydrogen-bond acceptors (Lipinski definition) is 2. The molecule has 0 radical (unpaired) electrons. The molecule has 0 amide bonds. The lowest BCUT2D eigenvalue weighted by Gasteiger charge is -2.11. The molecule has 0 unspecified atom stereocenters. The Labute approximate surface area is 164 Å². The van der Waals surface area contributed by atoms with Crippen LogP contribution < -0.4 is 10.5 Å². The minimum absolute atomic E-state index is 0.408. The van der Waals surface area contributed by atoms with E-state index >= 15 is 0 Å². The standard InChI is InChI=1S/C14H10I3NOS/c15-10-5-11(16)13(12(17)6-10)19-7-8-2-1-3-9(4-8)14(18)20/h1-6H,7H2,(H2,18,20). The second-order valence-electron chi connectivity index (χ2n) is 4.05. The van der Waals surface area contributed by atoms with E-state index in [1.165, 1.54) is 3.57 Å². The highest BCUT2D eigenvalue weighted by molar-refractivity contribution is 14.1. The van der Waals surface area contributed by atoms with Crippen LogP contribution in [0.25, 0.3) is 0 Å². The molecule has 104 valence electrons. The van der Waals surface area contributed by atoms with Gasteiger partial charge in [-0.25, -0.2) is 0 Å². The maximum absolute atomic E-state index is 5.94. The number of nitrogens with two attached hydrogens (primary N) is 1. The molecule has 0 saturated heterocycles. The summed E-state index contributed by atoms with van der Waals surface area (Å²) < 4.78 is 9.38. The predicted molar refractivity (Wildman–Crippen MR) is 111 cm³/mol. The molecule has 0 fully saturated rings. The first-order valence-electron chi connectivity index (χ1n) is 5.63. The quantitative estimate of drug-likeness (QED) is 0.397. The van der Waals surface area contributed by atoms with Gasteiger partial charge < -0.3 is 10.5 Å². The number of thiocarbonyl (C=S) groups is 1. The van der Waals surface area contributed by atoms with Gasteiger partial charge in [0.15, 0.2) is 0 Å². The second kappa shape index (κ2) is 7.54. The van der Waals surface area contributed by atoms with Gasteiger partial charge in [0.1, 0.15) is 17.3 Å². The number of ether oxygens (including phenoxy) is 1. The fraction of sp³-hybridized carbons (Fsp3) is 0.0714. The molecule has 0 heterocycles. The highest BCUT2D eigenvalue weighted by Crippen LogP contribution is 2.30. The number of halogens is 3. The van der Waals surface area contributed by atoms with Crippen molar-refractivity contribution in [2.24, 2.45) is 5.73 Å². The van der Waals surface area contributed by atoms with Gasteiger partial charge in [-0.1, -0.05) is 30.4 Å². The van der Waals surface area contributed by atoms with Crippen molar-refractivity contribution in [3.8, 4) is 5.75 Å². The van der Waals surface area contributed by atoms with Gasteiger partial charge in [-0.3, -0.25) is 0 Å². The molecule has 2 nitrogen and oxygen atoms in total. The largest absolute Gasteiger partial charge is 0.487 e. The van der Waals surface area contributed by atoms with Crippen molar-refractivity contribution < 1.29 is 4.74 Å². The molecule has 20 heavy (non-hydrogen) atoms. The third kappa shape index (κ3) is 4.41. The van der Waals surface area contributed by atoms with E-state index in [1.54, 1.807) is 0 Å². The minimum Gasteiger partial charge on any atom is -0.487 e. The molecule has 2 rings (SSSR count). The molecular formula is C14H10I3NOS. The molecule has 6 heteroatoms. The van der Waals surface area contributed by atoms with E-state index in [0.717, 1.165) is 24.0 Å². The molecule has 2 aromatic carbocycles. The van der Waals surface area contributed by atoms with E-state index in [4.69, 9.17) is 22.7 Å². The van der Waals surface area contributed by atoms with Crippen LogP contribution in [0.2, 0.25) is 0 Å². The molecule has 2 aromatic rings. The van der Waals surface area contributed by atoms with Crippen molar-refractivity contribution in [2.75, 3.05) is 0 Å². The van der Waals surface area contributed by atoms with Crippen LogP contribution in [0.3, 0.4) is 0 Å². The van der Waals surface area contributed by atoms with Crippen LogP contribution in [0, 0.1) is 10.7 Å². The molecule has 0 bridgehead atoms. The molecule has 0 spiro atoms. The lowest BCUT2D eigenvalue weighted by Crippen LogP contribution is -2.10. The van der Waals surface area contributed by atoms with E-state index in [1.807, 2.05) is 24.3 Å². The summed E-state index contributed by atoms with van der Waals surface area (Å²) in [6.07, 6.45) is 0. The maximum atomic E-state index is 5.94. The summed E-state index contributed by atoms with van der Waals surface area (Å²) in [7, 11) is 0. The highest BCUT2D eigenvalue weighted by Gasteiger charge is 2.08. The molecule has 0 aliphatic heterocycles. The van der Waals surface area contributed by atoms with Crippen LogP contribution in [0.5, 0.6) is 5.75 Å². The Hall–Kier alpha value is 0.320. The van der Waals surface area contributed by atoms with Crippen molar-refractivity contribution in [1.29, 1.82) is 0 Å². The van der Waals surface area contributed by atoms with Crippen molar-refractivity contribution in [1.82, 2.24) is 0 Å². The van der Waals surface area contributed by atoms with E-state index in [2.05, 4.69) is 79.9 Å². The summed E-state index contributed by atoms with van der Waals surface area (Å²) in [6.45, 7) is 0.503. The Kier molecular flexibility index (Phi) is 6.29. The fourth-order valence-corrected chi connectivity index (χ4v) is 5.66. The number of rotatable bonds is 4. The minimum atomic E-state index is 0.408. The van der Waals surface area contributed by atoms with E-state index < -0.39 is 0 Å². The normalized spacial score (nSPS) is 10.3. The van der Waals surface area contributed by atoms with E-state index in [0.29, 0.717) is 11.6 Å². The van der Waals surface area contributed by atoms with Crippen LogP contribution in [0.15, 0.2) is 36.4 Å². The Morgan fingerprint density at radius 1 is 1.10 bits per heavy atom.